The first-order valence-electron chi connectivity index (χ1n) is 4.82. The fraction of sp³-hybridized carbons (Fsp3) is 0.0909. The van der Waals surface area contributed by atoms with Gasteiger partial charge in [0, 0.05) is 22.4 Å². The highest BCUT2D eigenvalue weighted by Gasteiger charge is 2.14. The van der Waals surface area contributed by atoms with Gasteiger partial charge in [-0.2, -0.15) is 0 Å². The maximum absolute atomic E-state index is 8.71. The molecule has 1 unspecified atom stereocenters. The van der Waals surface area contributed by atoms with E-state index in [4.69, 9.17) is 28.4 Å². The van der Waals surface area contributed by atoms with Crippen molar-refractivity contribution in [3.8, 4) is 0 Å². The van der Waals surface area contributed by atoms with Crippen LogP contribution in [-0.4, -0.2) is 21.0 Å². The molecule has 2 rings (SSSR count). The van der Waals surface area contributed by atoms with Crippen molar-refractivity contribution in [3.63, 3.8) is 0 Å². The van der Waals surface area contributed by atoms with Crippen molar-refractivity contribution in [2.24, 2.45) is 5.16 Å². The van der Waals surface area contributed by atoms with Crippen molar-refractivity contribution in [2.75, 3.05) is 0 Å². The van der Waals surface area contributed by atoms with Gasteiger partial charge in [-0.1, -0.05) is 34.4 Å². The van der Waals surface area contributed by atoms with Crippen LogP contribution >= 0.6 is 23.2 Å². The van der Waals surface area contributed by atoms with Gasteiger partial charge in [-0.25, -0.2) is 4.98 Å². The molecule has 17 heavy (non-hydrogen) atoms. The van der Waals surface area contributed by atoms with E-state index in [1.807, 2.05) is 0 Å². The lowest BCUT2D eigenvalue weighted by atomic mass is 10.1. The molecule has 0 spiro atoms. The summed E-state index contributed by atoms with van der Waals surface area (Å²) in [6.07, 6.45) is 6.40. The fourth-order valence-electron chi connectivity index (χ4n) is 1.56. The van der Waals surface area contributed by atoms with E-state index in [1.54, 1.807) is 41.5 Å². The molecule has 2 aromatic rings. The summed E-state index contributed by atoms with van der Waals surface area (Å²) >= 11 is 12.0. The Balaban J connectivity index is 2.46. The van der Waals surface area contributed by atoms with E-state index in [9.17, 15) is 0 Å². The molecule has 1 N–H and O–H groups in total. The van der Waals surface area contributed by atoms with E-state index in [0.717, 1.165) is 5.56 Å². The van der Waals surface area contributed by atoms with Crippen LogP contribution in [0.25, 0.3) is 0 Å². The molecule has 6 heteroatoms. The molecule has 1 atom stereocenters. The van der Waals surface area contributed by atoms with Crippen molar-refractivity contribution in [1.82, 2.24) is 9.55 Å². The van der Waals surface area contributed by atoms with Gasteiger partial charge in [0.1, 0.15) is 0 Å². The van der Waals surface area contributed by atoms with Crippen LogP contribution in [0.15, 0.2) is 42.1 Å². The molecule has 0 aliphatic rings. The summed E-state index contributed by atoms with van der Waals surface area (Å²) in [5.74, 6) is 0. The molecule has 4 nitrogen and oxygen atoms in total. The number of oxime groups is 1. The van der Waals surface area contributed by atoms with Crippen molar-refractivity contribution in [2.45, 2.75) is 6.04 Å². The molecule has 88 valence electrons. The lowest BCUT2D eigenvalue weighted by Gasteiger charge is -2.15. The Kier molecular flexibility index (Phi) is 3.66. The summed E-state index contributed by atoms with van der Waals surface area (Å²) in [6.45, 7) is 0. The predicted octanol–water partition coefficient (Wildman–Crippen LogP) is 3.24. The minimum Gasteiger partial charge on any atom is -0.411 e. The Morgan fingerprint density at radius 2 is 2.24 bits per heavy atom. The van der Waals surface area contributed by atoms with Crippen LogP contribution in [0.5, 0.6) is 0 Å². The SMILES string of the molecule is ON=CC(c1ccc(Cl)cc1Cl)n1ccnc1. The lowest BCUT2D eigenvalue weighted by Crippen LogP contribution is -2.10. The lowest BCUT2D eigenvalue weighted by molar-refractivity contribution is 0.319. The van der Waals surface area contributed by atoms with Gasteiger partial charge in [0.05, 0.1) is 18.6 Å². The van der Waals surface area contributed by atoms with Crippen molar-refractivity contribution >= 4 is 29.4 Å². The number of benzene rings is 1. The third-order valence-corrected chi connectivity index (χ3v) is 2.90. The van der Waals surface area contributed by atoms with Gasteiger partial charge < -0.3 is 9.77 Å². The summed E-state index contributed by atoms with van der Waals surface area (Å²) in [5, 5.41) is 12.8. The summed E-state index contributed by atoms with van der Waals surface area (Å²) in [7, 11) is 0. The number of imidazole rings is 1. The normalized spacial score (nSPS) is 13.1. The number of hydrogen-bond acceptors (Lipinski definition) is 3. The van der Waals surface area contributed by atoms with Crippen LogP contribution in [0.3, 0.4) is 0 Å². The van der Waals surface area contributed by atoms with E-state index in [2.05, 4.69) is 10.1 Å². The maximum atomic E-state index is 8.71. The minimum absolute atomic E-state index is 0.313. The van der Waals surface area contributed by atoms with Crippen molar-refractivity contribution in [1.29, 1.82) is 0 Å². The number of aromatic nitrogens is 2. The second-order valence-electron chi connectivity index (χ2n) is 3.39. The van der Waals surface area contributed by atoms with E-state index in [1.165, 1.54) is 6.21 Å². The van der Waals surface area contributed by atoms with Crippen LogP contribution in [-0.2, 0) is 0 Å². The first-order chi connectivity index (χ1) is 8.22. The highest BCUT2D eigenvalue weighted by Crippen LogP contribution is 2.27. The quantitative estimate of drug-likeness (QED) is 0.528. The Bertz CT molecular complexity index is 526. The van der Waals surface area contributed by atoms with Gasteiger partial charge >= 0.3 is 0 Å². The summed E-state index contributed by atoms with van der Waals surface area (Å²) < 4.78 is 1.77. The molecular formula is C11H9Cl2N3O. The molecule has 0 fully saturated rings. The highest BCUT2D eigenvalue weighted by molar-refractivity contribution is 6.35. The average molecular weight is 270 g/mol. The third-order valence-electron chi connectivity index (χ3n) is 2.34. The van der Waals surface area contributed by atoms with Gasteiger partial charge in [0.15, 0.2) is 0 Å². The molecule has 1 heterocycles. The fourth-order valence-corrected chi connectivity index (χ4v) is 2.08. The first-order valence-corrected chi connectivity index (χ1v) is 5.58. The van der Waals surface area contributed by atoms with Crippen molar-refractivity contribution < 1.29 is 5.21 Å². The monoisotopic (exact) mass is 269 g/mol. The van der Waals surface area contributed by atoms with E-state index in [0.29, 0.717) is 10.0 Å². The Morgan fingerprint density at radius 3 is 2.82 bits per heavy atom. The average Bonchev–Trinajstić information content (AvgIpc) is 2.80. The third kappa shape index (κ3) is 2.60. The second-order valence-corrected chi connectivity index (χ2v) is 4.23. The summed E-state index contributed by atoms with van der Waals surface area (Å²) in [6, 6.07) is 4.86. The van der Waals surface area contributed by atoms with Crippen LogP contribution in [0.1, 0.15) is 11.6 Å². The molecule has 0 aliphatic carbocycles. The minimum atomic E-state index is -0.313. The van der Waals surface area contributed by atoms with Crippen LogP contribution < -0.4 is 0 Å². The largest absolute Gasteiger partial charge is 0.411 e. The highest BCUT2D eigenvalue weighted by atomic mass is 35.5. The maximum Gasteiger partial charge on any atom is 0.0997 e. The van der Waals surface area contributed by atoms with Crippen molar-refractivity contribution in [3.05, 3.63) is 52.5 Å². The predicted molar refractivity (Wildman–Crippen MR) is 67.1 cm³/mol. The standard InChI is InChI=1S/C11H9Cl2N3O/c12-8-1-2-9(10(13)5-8)11(6-15-17)16-4-3-14-7-16/h1-7,11,17H. The zero-order chi connectivity index (χ0) is 12.3. The van der Waals surface area contributed by atoms with Crippen LogP contribution in [0.2, 0.25) is 10.0 Å². The molecule has 1 aromatic carbocycles. The van der Waals surface area contributed by atoms with Gasteiger partial charge in [-0.15, -0.1) is 0 Å². The first kappa shape index (κ1) is 12.0. The molecule has 0 saturated heterocycles. The van der Waals surface area contributed by atoms with Crippen LogP contribution in [0.4, 0.5) is 0 Å². The molecule has 0 radical (unpaired) electrons. The molecule has 0 bridgehead atoms. The number of rotatable bonds is 3. The van der Waals surface area contributed by atoms with E-state index >= 15 is 0 Å². The summed E-state index contributed by atoms with van der Waals surface area (Å²) in [4.78, 5) is 3.95. The zero-order valence-electron chi connectivity index (χ0n) is 8.66. The van der Waals surface area contributed by atoms with Gasteiger partial charge in [-0.05, 0) is 17.7 Å². The van der Waals surface area contributed by atoms with Gasteiger partial charge in [0.2, 0.25) is 0 Å². The van der Waals surface area contributed by atoms with E-state index < -0.39 is 0 Å². The second kappa shape index (κ2) is 5.21. The number of hydrogen-bond donors (Lipinski definition) is 1. The molecule has 0 amide bonds. The Labute approximate surface area is 108 Å². The smallest absolute Gasteiger partial charge is 0.0997 e. The molecule has 0 saturated carbocycles. The summed E-state index contributed by atoms with van der Waals surface area (Å²) in [5.41, 5.74) is 0.784. The van der Waals surface area contributed by atoms with Gasteiger partial charge in [0.25, 0.3) is 0 Å². The Hall–Kier alpha value is -1.52. The van der Waals surface area contributed by atoms with E-state index in [-0.39, 0.29) is 6.04 Å². The molecule has 1 aromatic heterocycles. The number of halogens is 2. The molecule has 0 aliphatic heterocycles. The molecular weight excluding hydrogens is 261 g/mol. The van der Waals surface area contributed by atoms with Crippen LogP contribution in [0, 0.1) is 0 Å². The van der Waals surface area contributed by atoms with Gasteiger partial charge in [-0.3, -0.25) is 0 Å². The number of nitrogens with zero attached hydrogens (tertiary/aromatic N) is 3. The topological polar surface area (TPSA) is 50.4 Å². The Morgan fingerprint density at radius 1 is 1.41 bits per heavy atom. The zero-order valence-corrected chi connectivity index (χ0v) is 10.2.